The first kappa shape index (κ1) is 22.0. The minimum Gasteiger partial charge on any atom is -0.324 e. The molecule has 4 rings (SSSR count). The summed E-state index contributed by atoms with van der Waals surface area (Å²) in [6.45, 7) is -0.306. The summed E-state index contributed by atoms with van der Waals surface area (Å²) in [6, 6.07) is 24.7. The molecule has 0 saturated carbocycles. The van der Waals surface area contributed by atoms with E-state index in [-0.39, 0.29) is 6.54 Å². The molecule has 1 N–H and O–H groups in total. The van der Waals surface area contributed by atoms with Crippen molar-refractivity contribution < 1.29 is 14.3 Å². The molecule has 32 heavy (non-hydrogen) atoms. The molecule has 5 nitrogen and oxygen atoms in total. The van der Waals surface area contributed by atoms with Gasteiger partial charge in [-0.05, 0) is 48.2 Å². The molecule has 1 heterocycles. The van der Waals surface area contributed by atoms with Crippen molar-refractivity contribution >= 4 is 65.5 Å². The number of pyridine rings is 1. The number of benzene rings is 3. The van der Waals surface area contributed by atoms with Crippen LogP contribution in [-0.4, -0.2) is 25.3 Å². The van der Waals surface area contributed by atoms with E-state index in [0.717, 1.165) is 26.3 Å². The second-order valence-corrected chi connectivity index (χ2v) is 8.68. The maximum atomic E-state index is 12.5. The largest absolute Gasteiger partial charge is 0.368 e. The van der Waals surface area contributed by atoms with Crippen LogP contribution in [0.15, 0.2) is 94.9 Å². The Kier molecular flexibility index (Phi) is 7.19. The van der Waals surface area contributed by atoms with Gasteiger partial charge in [-0.25, -0.2) is 9.78 Å². The minimum atomic E-state index is -1.000. The third kappa shape index (κ3) is 5.35. The van der Waals surface area contributed by atoms with E-state index in [9.17, 15) is 9.32 Å². The second-order valence-electron chi connectivity index (χ2n) is 6.70. The number of carbonyl (C=O) groups is 1. The van der Waals surface area contributed by atoms with E-state index in [1.165, 1.54) is 23.9 Å². The molecule has 0 aliphatic carbocycles. The van der Waals surface area contributed by atoms with Crippen LogP contribution in [-0.2, 0) is 9.74 Å². The van der Waals surface area contributed by atoms with Gasteiger partial charge in [0.1, 0.15) is 20.2 Å². The monoisotopic (exact) mass is 461 g/mol. The van der Waals surface area contributed by atoms with Crippen LogP contribution in [0.5, 0.6) is 0 Å². The third-order valence-electron chi connectivity index (χ3n) is 4.49. The Labute approximate surface area is 194 Å². The van der Waals surface area contributed by atoms with Gasteiger partial charge in [0.25, 0.3) is 0 Å². The molecule has 9 heteroatoms. The van der Waals surface area contributed by atoms with Gasteiger partial charge in [0, 0.05) is 25.1 Å². The van der Waals surface area contributed by atoms with Gasteiger partial charge in [-0.1, -0.05) is 60.1 Å². The topological polar surface area (TPSA) is 54.5 Å². The van der Waals surface area contributed by atoms with Crippen LogP contribution in [0.2, 0.25) is 0 Å². The van der Waals surface area contributed by atoms with Gasteiger partial charge in [0.15, 0.2) is 0 Å². The number of nitrogens with one attached hydrogen (secondary N) is 1. The summed E-state index contributed by atoms with van der Waals surface area (Å²) in [5.74, 6) is -0.469. The van der Waals surface area contributed by atoms with E-state index in [1.807, 2.05) is 78.9 Å². The highest BCUT2D eigenvalue weighted by Crippen LogP contribution is 2.36. The molecule has 0 saturated heterocycles. The van der Waals surface area contributed by atoms with Gasteiger partial charge >= 0.3 is 5.97 Å². The molecule has 0 atom stereocenters. The molecule has 0 bridgehead atoms. The van der Waals surface area contributed by atoms with Crippen LogP contribution in [0.3, 0.4) is 0 Å². The predicted octanol–water partition coefficient (Wildman–Crippen LogP) is 5.09. The zero-order chi connectivity index (χ0) is 22.3. The van der Waals surface area contributed by atoms with Crippen LogP contribution in [0.4, 0.5) is 16.0 Å². The Morgan fingerprint density at radius 2 is 1.66 bits per heavy atom. The molecule has 0 spiro atoms. The van der Waals surface area contributed by atoms with Crippen LogP contribution < -0.4 is 14.5 Å². The Hall–Kier alpha value is -3.17. The van der Waals surface area contributed by atoms with Crippen LogP contribution in [0, 0.1) is 0 Å². The van der Waals surface area contributed by atoms with Crippen LogP contribution >= 0.6 is 23.9 Å². The summed E-state index contributed by atoms with van der Waals surface area (Å²) in [7, 11) is 5.75. The molecule has 0 fully saturated rings. The second kappa shape index (κ2) is 10.4. The van der Waals surface area contributed by atoms with Crippen molar-refractivity contribution in [2.24, 2.45) is 0 Å². The van der Waals surface area contributed by atoms with Gasteiger partial charge in [-0.15, -0.1) is 0 Å². The van der Waals surface area contributed by atoms with Crippen molar-refractivity contribution in [1.29, 1.82) is 0 Å². The number of rotatable bonds is 8. The average Bonchev–Trinajstić information content (AvgIpc) is 2.83. The number of nitrogens with zero attached hydrogens (tertiary/aromatic N) is 2. The molecule has 0 aliphatic heterocycles. The molecule has 0 aliphatic rings. The Bertz CT molecular complexity index is 1210. The van der Waals surface area contributed by atoms with Crippen molar-refractivity contribution in [2.75, 3.05) is 15.6 Å². The summed E-state index contributed by atoms with van der Waals surface area (Å²) in [5, 5.41) is 1.72. The Balaban J connectivity index is 1.66. The predicted molar refractivity (Wildman–Crippen MR) is 130 cm³/mol. The van der Waals surface area contributed by atoms with E-state index in [4.69, 9.17) is 7.85 Å². The lowest BCUT2D eigenvalue weighted by atomic mass is 9.97. The number of hydrogen-bond donors (Lipinski definition) is 1. The summed E-state index contributed by atoms with van der Waals surface area (Å²) < 4.78 is 17.5. The fraction of sp³-hybridized carbons (Fsp3) is 0.0435. The molecular weight excluding hydrogens is 444 g/mol. The zero-order valence-electron chi connectivity index (χ0n) is 16.8. The Morgan fingerprint density at radius 3 is 2.38 bits per heavy atom. The van der Waals surface area contributed by atoms with E-state index in [2.05, 4.69) is 14.6 Å². The first-order chi connectivity index (χ1) is 15.6. The van der Waals surface area contributed by atoms with E-state index in [1.54, 1.807) is 10.5 Å². The van der Waals surface area contributed by atoms with Crippen molar-refractivity contribution in [3.05, 3.63) is 85.1 Å². The number of halogens is 1. The quantitative estimate of drug-likeness (QED) is 0.290. The normalized spacial score (nSPS) is 10.7. The highest BCUT2D eigenvalue weighted by atomic mass is 32.2. The first-order valence-electron chi connectivity index (χ1n) is 9.62. The zero-order valence-corrected chi connectivity index (χ0v) is 18.4. The van der Waals surface area contributed by atoms with Gasteiger partial charge in [0.2, 0.25) is 0 Å². The van der Waals surface area contributed by atoms with E-state index in [0.29, 0.717) is 11.3 Å². The number of anilines is 2. The molecule has 1 aromatic heterocycles. The van der Waals surface area contributed by atoms with Gasteiger partial charge in [-0.3, -0.25) is 9.25 Å². The lowest BCUT2D eigenvalue weighted by molar-refractivity contribution is -0.181. The van der Waals surface area contributed by atoms with Gasteiger partial charge in [-0.2, -0.15) is 0 Å². The summed E-state index contributed by atoms with van der Waals surface area (Å²) >= 11 is 2.72. The number of aromatic nitrogens is 1. The van der Waals surface area contributed by atoms with Crippen molar-refractivity contribution in [2.45, 2.75) is 9.79 Å². The van der Waals surface area contributed by atoms with Gasteiger partial charge < -0.3 is 4.72 Å². The maximum Gasteiger partial charge on any atom is 0.368 e. The fourth-order valence-corrected chi connectivity index (χ4v) is 4.61. The standard InChI is InChI=1S/C23H17BFN3O2S2/c24-16-10-12-17(13-11-16)31-27-21-14-26-23(20-9-5-4-8-19(20)21)28(15-22(29)30-25)32-18-6-2-1-3-7-18/h1-14,27H,15H2. The molecule has 2 radical (unpaired) electrons. The highest BCUT2D eigenvalue weighted by Gasteiger charge is 2.20. The number of carbonyl (C=O) groups excluding carboxylic acids is 1. The lowest BCUT2D eigenvalue weighted by Crippen LogP contribution is -2.24. The third-order valence-corrected chi connectivity index (χ3v) is 6.32. The maximum absolute atomic E-state index is 12.5. The summed E-state index contributed by atoms with van der Waals surface area (Å²) in [5.41, 5.74) is 1.51. The minimum absolute atomic E-state index is 0.306. The fourth-order valence-electron chi connectivity index (χ4n) is 3.01. The van der Waals surface area contributed by atoms with Crippen molar-refractivity contribution in [1.82, 2.24) is 4.98 Å². The molecule has 4 aromatic rings. The van der Waals surface area contributed by atoms with E-state index >= 15 is 0 Å². The number of fused-ring (bicyclic) bond motifs is 1. The summed E-state index contributed by atoms with van der Waals surface area (Å²) in [6.07, 6.45) is 1.70. The van der Waals surface area contributed by atoms with Crippen LogP contribution in [0.25, 0.3) is 10.8 Å². The molecule has 0 unspecified atom stereocenters. The average molecular weight is 461 g/mol. The van der Waals surface area contributed by atoms with Crippen molar-refractivity contribution in [3.8, 4) is 0 Å². The molecular formula is C23H17BFN3O2S2. The molecule has 158 valence electrons. The Morgan fingerprint density at radius 1 is 0.969 bits per heavy atom. The molecule has 0 amide bonds. The first-order valence-corrected chi connectivity index (χ1v) is 11.2. The SMILES string of the molecule is [B]c1ccc(SNc2cnc(N(CC(=O)OF)Sc3ccccc3)c3ccccc23)cc1. The number of hydrogen-bond acceptors (Lipinski definition) is 7. The van der Waals surface area contributed by atoms with Crippen molar-refractivity contribution in [3.63, 3.8) is 0 Å². The smallest absolute Gasteiger partial charge is 0.324 e. The van der Waals surface area contributed by atoms with E-state index < -0.39 is 5.97 Å². The van der Waals surface area contributed by atoms with Gasteiger partial charge in [0.05, 0.1) is 11.9 Å². The summed E-state index contributed by atoms with van der Waals surface area (Å²) in [4.78, 5) is 21.7. The highest BCUT2D eigenvalue weighted by molar-refractivity contribution is 8.01. The van der Waals surface area contributed by atoms with Crippen LogP contribution in [0.1, 0.15) is 0 Å². The lowest BCUT2D eigenvalue weighted by Gasteiger charge is -2.22. The molecule has 3 aromatic carbocycles.